The van der Waals surface area contributed by atoms with E-state index in [0.717, 1.165) is 24.0 Å². The van der Waals surface area contributed by atoms with Gasteiger partial charge in [0.25, 0.3) is 11.8 Å². The molecule has 0 spiro atoms. The smallest absolute Gasteiger partial charge is 0.255 e. The first-order valence-electron chi connectivity index (χ1n) is 12.0. The van der Waals surface area contributed by atoms with Crippen LogP contribution in [0.3, 0.4) is 0 Å². The maximum absolute atomic E-state index is 13.5. The summed E-state index contributed by atoms with van der Waals surface area (Å²) in [7, 11) is 1.54. The standard InChI is InChI=1S/C29H29FN2O4.CH4/c1-3-4-8-23(17-33)32-28(34)21-7-5-6-19(15-21)20-11-14-25-24(16-20)26(29(35)31-2)27(36-25)18-9-12-22(30)13-10-18;/h5-7,9-16,23,33H,3-4,8,17H2,1-2H3,(H,31,35)(H,32,34);1H4/t23-;/m1./s1. The second-order valence-corrected chi connectivity index (χ2v) is 8.68. The van der Waals surface area contributed by atoms with Crippen molar-refractivity contribution in [1.29, 1.82) is 0 Å². The molecule has 0 fully saturated rings. The summed E-state index contributed by atoms with van der Waals surface area (Å²) in [5, 5.41) is 15.8. The molecule has 194 valence electrons. The lowest BCUT2D eigenvalue weighted by atomic mass is 9.98. The first-order valence-corrected chi connectivity index (χ1v) is 12.0. The maximum Gasteiger partial charge on any atom is 0.255 e. The van der Waals surface area contributed by atoms with Crippen molar-refractivity contribution in [3.05, 3.63) is 83.7 Å². The fraction of sp³-hybridized carbons (Fsp3) is 0.267. The molecule has 0 radical (unpaired) electrons. The quantitative estimate of drug-likeness (QED) is 0.254. The summed E-state index contributed by atoms with van der Waals surface area (Å²) >= 11 is 0. The highest BCUT2D eigenvalue weighted by Gasteiger charge is 2.22. The molecule has 4 rings (SSSR count). The predicted octanol–water partition coefficient (Wildman–Crippen LogP) is 6.18. The SMILES string of the molecule is C.CCCC[C@H](CO)NC(=O)c1cccc(-c2ccc3oc(-c4ccc(F)cc4)c(C(=O)NC)c3c2)c1. The number of hydrogen-bond acceptors (Lipinski definition) is 4. The molecule has 0 bridgehead atoms. The highest BCUT2D eigenvalue weighted by Crippen LogP contribution is 2.36. The van der Waals surface area contributed by atoms with Gasteiger partial charge in [-0.1, -0.05) is 45.4 Å². The lowest BCUT2D eigenvalue weighted by Gasteiger charge is -2.16. The molecule has 3 aromatic carbocycles. The molecule has 3 N–H and O–H groups in total. The highest BCUT2D eigenvalue weighted by molar-refractivity contribution is 6.11. The van der Waals surface area contributed by atoms with Crippen molar-refractivity contribution >= 4 is 22.8 Å². The van der Waals surface area contributed by atoms with Gasteiger partial charge in [0.05, 0.1) is 18.2 Å². The number of benzene rings is 3. The fourth-order valence-electron chi connectivity index (χ4n) is 4.20. The molecule has 2 amide bonds. The van der Waals surface area contributed by atoms with Gasteiger partial charge in [0.1, 0.15) is 17.2 Å². The first kappa shape index (κ1) is 27.6. The number of unbranched alkanes of at least 4 members (excludes halogenated alkanes) is 1. The summed E-state index contributed by atoms with van der Waals surface area (Å²) in [6.07, 6.45) is 2.62. The molecule has 0 aliphatic rings. The van der Waals surface area contributed by atoms with Gasteiger partial charge < -0.3 is 20.2 Å². The van der Waals surface area contributed by atoms with E-state index in [1.807, 2.05) is 18.2 Å². The minimum Gasteiger partial charge on any atom is -0.455 e. The number of hydrogen-bond donors (Lipinski definition) is 3. The molecule has 0 unspecified atom stereocenters. The van der Waals surface area contributed by atoms with Crippen molar-refractivity contribution in [3.63, 3.8) is 0 Å². The molecule has 0 saturated heterocycles. The van der Waals surface area contributed by atoms with Crippen LogP contribution in [0.15, 0.2) is 71.1 Å². The van der Waals surface area contributed by atoms with E-state index in [1.165, 1.54) is 12.1 Å². The van der Waals surface area contributed by atoms with Crippen molar-refractivity contribution in [2.45, 2.75) is 39.7 Å². The summed E-state index contributed by atoms with van der Waals surface area (Å²) in [4.78, 5) is 25.7. The van der Waals surface area contributed by atoms with Crippen molar-refractivity contribution in [3.8, 4) is 22.5 Å². The number of carbonyl (C=O) groups is 2. The molecule has 0 saturated carbocycles. The van der Waals surface area contributed by atoms with Crippen LogP contribution in [-0.4, -0.2) is 36.6 Å². The van der Waals surface area contributed by atoms with Gasteiger partial charge in [-0.05, 0) is 66.1 Å². The molecule has 0 aliphatic carbocycles. The third-order valence-electron chi connectivity index (χ3n) is 6.17. The minimum atomic E-state index is -0.377. The van der Waals surface area contributed by atoms with Gasteiger partial charge in [0.2, 0.25) is 0 Å². The van der Waals surface area contributed by atoms with Crippen LogP contribution in [0.5, 0.6) is 0 Å². The van der Waals surface area contributed by atoms with E-state index in [0.29, 0.717) is 39.8 Å². The Morgan fingerprint density at radius 2 is 1.68 bits per heavy atom. The maximum atomic E-state index is 13.5. The van der Waals surface area contributed by atoms with E-state index in [2.05, 4.69) is 17.6 Å². The molecular formula is C30H33FN2O4. The predicted molar refractivity (Wildman–Crippen MR) is 145 cm³/mol. The molecule has 6 nitrogen and oxygen atoms in total. The number of rotatable bonds is 9. The Bertz CT molecular complexity index is 1380. The van der Waals surface area contributed by atoms with Crippen LogP contribution in [0.4, 0.5) is 4.39 Å². The molecule has 1 heterocycles. The topological polar surface area (TPSA) is 91.6 Å². The summed E-state index contributed by atoms with van der Waals surface area (Å²) in [5.74, 6) is -0.587. The van der Waals surface area contributed by atoms with Gasteiger partial charge in [-0.3, -0.25) is 9.59 Å². The Morgan fingerprint density at radius 1 is 0.973 bits per heavy atom. The lowest BCUT2D eigenvalue weighted by molar-refractivity contribution is 0.0911. The average Bonchev–Trinajstić information content (AvgIpc) is 3.29. The number of nitrogens with one attached hydrogen (secondary N) is 2. The zero-order chi connectivity index (χ0) is 25.7. The van der Waals surface area contributed by atoms with Gasteiger partial charge in [0.15, 0.2) is 0 Å². The molecule has 1 aromatic heterocycles. The van der Waals surface area contributed by atoms with Crippen molar-refractivity contribution in [2.75, 3.05) is 13.7 Å². The van der Waals surface area contributed by atoms with Gasteiger partial charge >= 0.3 is 0 Å². The Labute approximate surface area is 216 Å². The normalized spacial score (nSPS) is 11.6. The lowest BCUT2D eigenvalue weighted by Crippen LogP contribution is -2.37. The number of furan rings is 1. The number of amides is 2. The van der Waals surface area contributed by atoms with Crippen LogP contribution in [0.25, 0.3) is 33.4 Å². The van der Waals surface area contributed by atoms with E-state index in [9.17, 15) is 19.1 Å². The number of halogens is 1. The summed E-state index contributed by atoms with van der Waals surface area (Å²) in [6, 6.07) is 18.2. The monoisotopic (exact) mass is 504 g/mol. The number of aliphatic hydroxyl groups is 1. The third kappa shape index (κ3) is 6.06. The van der Waals surface area contributed by atoms with E-state index in [-0.39, 0.29) is 37.7 Å². The molecule has 1 atom stereocenters. The second kappa shape index (κ2) is 12.3. The van der Waals surface area contributed by atoms with E-state index in [4.69, 9.17) is 4.42 Å². The molecule has 0 aliphatic heterocycles. The summed E-state index contributed by atoms with van der Waals surface area (Å²) < 4.78 is 19.5. The van der Waals surface area contributed by atoms with Gasteiger partial charge in [-0.25, -0.2) is 4.39 Å². The summed E-state index contributed by atoms with van der Waals surface area (Å²) in [6.45, 7) is 1.95. The largest absolute Gasteiger partial charge is 0.455 e. The average molecular weight is 505 g/mol. The van der Waals surface area contributed by atoms with Crippen molar-refractivity contribution in [1.82, 2.24) is 10.6 Å². The highest BCUT2D eigenvalue weighted by atomic mass is 19.1. The van der Waals surface area contributed by atoms with Gasteiger partial charge in [0, 0.05) is 23.6 Å². The van der Waals surface area contributed by atoms with Crippen LogP contribution >= 0.6 is 0 Å². The second-order valence-electron chi connectivity index (χ2n) is 8.68. The summed E-state index contributed by atoms with van der Waals surface area (Å²) in [5.41, 5.74) is 3.55. The number of aliphatic hydroxyl groups excluding tert-OH is 1. The van der Waals surface area contributed by atoms with Gasteiger partial charge in [-0.2, -0.15) is 0 Å². The van der Waals surface area contributed by atoms with Crippen LogP contribution in [0.1, 0.15) is 54.3 Å². The molecule has 37 heavy (non-hydrogen) atoms. The van der Waals surface area contributed by atoms with E-state index in [1.54, 1.807) is 43.4 Å². The van der Waals surface area contributed by atoms with Crippen molar-refractivity contribution < 1.29 is 23.5 Å². The molecule has 4 aromatic rings. The Hall–Kier alpha value is -3.97. The zero-order valence-electron chi connectivity index (χ0n) is 20.3. The zero-order valence-corrected chi connectivity index (χ0v) is 20.3. The molecular weight excluding hydrogens is 471 g/mol. The van der Waals surface area contributed by atoms with E-state index < -0.39 is 0 Å². The minimum absolute atomic E-state index is 0. The van der Waals surface area contributed by atoms with E-state index >= 15 is 0 Å². The number of carbonyl (C=O) groups excluding carboxylic acids is 2. The Kier molecular flexibility index (Phi) is 9.20. The Balaban J connectivity index is 0.00000380. The van der Waals surface area contributed by atoms with Crippen LogP contribution in [0, 0.1) is 5.82 Å². The van der Waals surface area contributed by atoms with Crippen LogP contribution < -0.4 is 10.6 Å². The van der Waals surface area contributed by atoms with Crippen molar-refractivity contribution in [2.24, 2.45) is 0 Å². The van der Waals surface area contributed by atoms with Crippen LogP contribution in [0.2, 0.25) is 0 Å². The van der Waals surface area contributed by atoms with Gasteiger partial charge in [-0.15, -0.1) is 0 Å². The first-order chi connectivity index (χ1) is 17.4. The Morgan fingerprint density at radius 3 is 2.35 bits per heavy atom. The fourth-order valence-corrected chi connectivity index (χ4v) is 4.20. The number of fused-ring (bicyclic) bond motifs is 1. The third-order valence-corrected chi connectivity index (χ3v) is 6.17. The van der Waals surface area contributed by atoms with Crippen LogP contribution in [-0.2, 0) is 0 Å². The molecule has 7 heteroatoms.